The molecule has 8 heavy (non-hydrogen) atoms. The Labute approximate surface area is 50.9 Å². The molecule has 0 saturated carbocycles. The molecule has 0 radical (unpaired) electrons. The zero-order valence-electron chi connectivity index (χ0n) is 5.78. The van der Waals surface area contributed by atoms with Gasteiger partial charge in [-0.1, -0.05) is 13.0 Å². The second-order valence-electron chi connectivity index (χ2n) is 1.79. The van der Waals surface area contributed by atoms with Crippen LogP contribution in [-0.2, 0) is 0 Å². The van der Waals surface area contributed by atoms with Crippen molar-refractivity contribution < 1.29 is 0 Å². The molecule has 0 rings (SSSR count). The van der Waals surface area contributed by atoms with Crippen LogP contribution in [0.3, 0.4) is 0 Å². The highest BCUT2D eigenvalue weighted by Gasteiger charge is 1.90. The molecule has 0 heterocycles. The van der Waals surface area contributed by atoms with E-state index in [1.807, 2.05) is 19.9 Å². The average Bonchev–Trinajstić information content (AvgIpc) is 1.69. The molecular formula is C7H13N. The first-order chi connectivity index (χ1) is 3.72. The predicted molar refractivity (Wildman–Crippen MR) is 37.4 cm³/mol. The minimum Gasteiger partial charge on any atom is -0.305 e. The molecule has 0 aromatic rings. The van der Waals surface area contributed by atoms with Gasteiger partial charge in [-0.15, -0.1) is 0 Å². The standard InChI is InChI=1S/C7H13N/c1-4-7(5-2)6(3)8/h4,8H,5H2,1-3H3/b7-4-,8-6?. The van der Waals surface area contributed by atoms with Gasteiger partial charge >= 0.3 is 0 Å². The van der Waals surface area contributed by atoms with Gasteiger partial charge in [-0.3, -0.25) is 0 Å². The smallest absolute Gasteiger partial charge is 0.0311 e. The Balaban J connectivity index is 3.92. The third kappa shape index (κ3) is 1.92. The zero-order valence-corrected chi connectivity index (χ0v) is 5.78. The van der Waals surface area contributed by atoms with Gasteiger partial charge in [-0.2, -0.15) is 0 Å². The van der Waals surface area contributed by atoms with Crippen LogP contribution in [0.1, 0.15) is 27.2 Å². The maximum absolute atomic E-state index is 7.18. The molecule has 0 atom stereocenters. The normalized spacial score (nSPS) is 11.6. The number of hydrogen-bond donors (Lipinski definition) is 1. The highest BCUT2D eigenvalue weighted by molar-refractivity contribution is 5.95. The Morgan fingerprint density at radius 3 is 2.12 bits per heavy atom. The molecule has 0 aliphatic heterocycles. The van der Waals surface area contributed by atoms with Crippen molar-refractivity contribution in [3.8, 4) is 0 Å². The van der Waals surface area contributed by atoms with Crippen LogP contribution in [-0.4, -0.2) is 5.71 Å². The quantitative estimate of drug-likeness (QED) is 0.529. The largest absolute Gasteiger partial charge is 0.305 e. The summed E-state index contributed by atoms with van der Waals surface area (Å²) in [6.07, 6.45) is 2.97. The minimum atomic E-state index is 0.690. The number of hydrogen-bond acceptors (Lipinski definition) is 1. The zero-order chi connectivity index (χ0) is 6.57. The Kier molecular flexibility index (Phi) is 3.16. The van der Waals surface area contributed by atoms with Crippen molar-refractivity contribution in [3.63, 3.8) is 0 Å². The van der Waals surface area contributed by atoms with Gasteiger partial charge in [0.25, 0.3) is 0 Å². The SMILES string of the molecule is C/C=C(/CC)C(C)=N. The summed E-state index contributed by atoms with van der Waals surface area (Å²) in [7, 11) is 0. The van der Waals surface area contributed by atoms with Crippen molar-refractivity contribution in [3.05, 3.63) is 11.6 Å². The lowest BCUT2D eigenvalue weighted by Crippen LogP contribution is -1.91. The number of allylic oxidation sites excluding steroid dienone is 2. The van der Waals surface area contributed by atoms with Crippen molar-refractivity contribution in [1.29, 1.82) is 5.41 Å². The van der Waals surface area contributed by atoms with Crippen molar-refractivity contribution in [2.45, 2.75) is 27.2 Å². The van der Waals surface area contributed by atoms with E-state index in [0.29, 0.717) is 5.71 Å². The van der Waals surface area contributed by atoms with Gasteiger partial charge in [-0.25, -0.2) is 0 Å². The van der Waals surface area contributed by atoms with Crippen LogP contribution in [0.15, 0.2) is 11.6 Å². The fourth-order valence-electron chi connectivity index (χ4n) is 0.686. The summed E-state index contributed by atoms with van der Waals surface area (Å²) >= 11 is 0. The summed E-state index contributed by atoms with van der Waals surface area (Å²) in [4.78, 5) is 0. The molecule has 0 unspecified atom stereocenters. The molecule has 0 aromatic heterocycles. The van der Waals surface area contributed by atoms with Crippen molar-refractivity contribution in [1.82, 2.24) is 0 Å². The molecule has 0 aliphatic rings. The van der Waals surface area contributed by atoms with Crippen molar-refractivity contribution in [2.75, 3.05) is 0 Å². The second-order valence-corrected chi connectivity index (χ2v) is 1.79. The van der Waals surface area contributed by atoms with E-state index in [-0.39, 0.29) is 0 Å². The van der Waals surface area contributed by atoms with Gasteiger partial charge < -0.3 is 5.41 Å². The van der Waals surface area contributed by atoms with Crippen LogP contribution < -0.4 is 0 Å². The second kappa shape index (κ2) is 3.42. The molecule has 0 saturated heterocycles. The van der Waals surface area contributed by atoms with Gasteiger partial charge in [0.1, 0.15) is 0 Å². The topological polar surface area (TPSA) is 23.9 Å². The summed E-state index contributed by atoms with van der Waals surface area (Å²) in [5.41, 5.74) is 1.83. The fraction of sp³-hybridized carbons (Fsp3) is 0.571. The van der Waals surface area contributed by atoms with Crippen LogP contribution in [0.2, 0.25) is 0 Å². The first kappa shape index (κ1) is 7.41. The highest BCUT2D eigenvalue weighted by Crippen LogP contribution is 1.99. The molecule has 46 valence electrons. The Morgan fingerprint density at radius 2 is 2.12 bits per heavy atom. The fourth-order valence-corrected chi connectivity index (χ4v) is 0.686. The van der Waals surface area contributed by atoms with E-state index < -0.39 is 0 Å². The van der Waals surface area contributed by atoms with E-state index in [0.717, 1.165) is 12.0 Å². The average molecular weight is 111 g/mol. The predicted octanol–water partition coefficient (Wildman–Crippen LogP) is 2.38. The van der Waals surface area contributed by atoms with E-state index in [1.54, 1.807) is 0 Å². The summed E-state index contributed by atoms with van der Waals surface area (Å²) in [5.74, 6) is 0. The first-order valence-corrected chi connectivity index (χ1v) is 2.93. The molecule has 0 fully saturated rings. The molecule has 0 bridgehead atoms. The maximum Gasteiger partial charge on any atom is 0.0311 e. The lowest BCUT2D eigenvalue weighted by Gasteiger charge is -1.96. The minimum absolute atomic E-state index is 0.690. The number of nitrogens with one attached hydrogen (secondary N) is 1. The lowest BCUT2D eigenvalue weighted by atomic mass is 10.1. The van der Waals surface area contributed by atoms with Crippen LogP contribution in [0.5, 0.6) is 0 Å². The van der Waals surface area contributed by atoms with Crippen molar-refractivity contribution >= 4 is 5.71 Å². The Hall–Kier alpha value is -0.590. The molecular weight excluding hydrogens is 98.1 g/mol. The van der Waals surface area contributed by atoms with Crippen molar-refractivity contribution in [2.24, 2.45) is 0 Å². The maximum atomic E-state index is 7.18. The highest BCUT2D eigenvalue weighted by atomic mass is 14.4. The summed E-state index contributed by atoms with van der Waals surface area (Å²) < 4.78 is 0. The third-order valence-corrected chi connectivity index (χ3v) is 1.21. The molecule has 0 aromatic carbocycles. The van der Waals surface area contributed by atoms with Gasteiger partial charge in [0.05, 0.1) is 0 Å². The summed E-state index contributed by atoms with van der Waals surface area (Å²) in [6.45, 7) is 5.85. The molecule has 1 heteroatoms. The molecule has 1 nitrogen and oxygen atoms in total. The van der Waals surface area contributed by atoms with Crippen LogP contribution in [0.4, 0.5) is 0 Å². The number of rotatable bonds is 2. The van der Waals surface area contributed by atoms with Gasteiger partial charge in [0, 0.05) is 5.71 Å². The monoisotopic (exact) mass is 111 g/mol. The van der Waals surface area contributed by atoms with Crippen LogP contribution in [0, 0.1) is 5.41 Å². The Morgan fingerprint density at radius 1 is 1.62 bits per heavy atom. The molecule has 0 amide bonds. The van der Waals surface area contributed by atoms with E-state index >= 15 is 0 Å². The Bertz CT molecular complexity index is 112. The lowest BCUT2D eigenvalue weighted by molar-refractivity contribution is 1.15. The molecule has 1 N–H and O–H groups in total. The van der Waals surface area contributed by atoms with E-state index in [4.69, 9.17) is 5.41 Å². The van der Waals surface area contributed by atoms with Crippen LogP contribution in [0.25, 0.3) is 0 Å². The van der Waals surface area contributed by atoms with E-state index in [9.17, 15) is 0 Å². The molecule has 0 aliphatic carbocycles. The summed E-state index contributed by atoms with van der Waals surface area (Å²) in [6, 6.07) is 0. The summed E-state index contributed by atoms with van der Waals surface area (Å²) in [5, 5.41) is 7.18. The van der Waals surface area contributed by atoms with E-state index in [1.165, 1.54) is 0 Å². The first-order valence-electron chi connectivity index (χ1n) is 2.93. The van der Waals surface area contributed by atoms with Gasteiger partial charge in [0.15, 0.2) is 0 Å². The van der Waals surface area contributed by atoms with E-state index in [2.05, 4.69) is 6.92 Å². The van der Waals surface area contributed by atoms with Crippen LogP contribution >= 0.6 is 0 Å². The third-order valence-electron chi connectivity index (χ3n) is 1.21. The van der Waals surface area contributed by atoms with Gasteiger partial charge in [-0.05, 0) is 25.8 Å². The molecule has 0 spiro atoms. The van der Waals surface area contributed by atoms with Gasteiger partial charge in [0.2, 0.25) is 0 Å².